The third kappa shape index (κ3) is 4.67. The first-order chi connectivity index (χ1) is 8.06. The highest BCUT2D eigenvalue weighted by molar-refractivity contribution is 5.85. The summed E-state index contributed by atoms with van der Waals surface area (Å²) >= 11 is 0. The molecule has 4 heteroatoms. The van der Waals surface area contributed by atoms with E-state index in [4.69, 9.17) is 5.73 Å². The van der Waals surface area contributed by atoms with E-state index in [1.54, 1.807) is 0 Å². The molecule has 0 saturated carbocycles. The molecule has 2 unspecified atom stereocenters. The quantitative estimate of drug-likeness (QED) is 0.863. The van der Waals surface area contributed by atoms with E-state index in [9.17, 15) is 4.79 Å². The maximum atomic E-state index is 12.1. The maximum Gasteiger partial charge on any atom is 0.229 e. The highest BCUT2D eigenvalue weighted by Gasteiger charge is 2.21. The van der Waals surface area contributed by atoms with Crippen molar-refractivity contribution >= 4 is 18.3 Å². The summed E-state index contributed by atoms with van der Waals surface area (Å²) in [6.07, 6.45) is 0. The Kier molecular flexibility index (Phi) is 7.64. The summed E-state index contributed by atoms with van der Waals surface area (Å²) in [6.45, 7) is 6.53. The number of carbonyl (C=O) groups is 1. The van der Waals surface area contributed by atoms with Crippen LogP contribution in [0, 0.1) is 5.92 Å². The van der Waals surface area contributed by atoms with Gasteiger partial charge in [0.15, 0.2) is 0 Å². The van der Waals surface area contributed by atoms with Crippen LogP contribution >= 0.6 is 12.4 Å². The smallest absolute Gasteiger partial charge is 0.229 e. The van der Waals surface area contributed by atoms with Gasteiger partial charge in [0.25, 0.3) is 0 Å². The van der Waals surface area contributed by atoms with Crippen LogP contribution in [0.4, 0.5) is 0 Å². The topological polar surface area (TPSA) is 55.1 Å². The lowest BCUT2D eigenvalue weighted by Gasteiger charge is -2.21. The molecule has 0 fully saturated rings. The summed E-state index contributed by atoms with van der Waals surface area (Å²) in [7, 11) is 0. The zero-order chi connectivity index (χ0) is 12.8. The standard InChI is InChI=1S/C14H22N2O.ClH/c1-10(2)11(3)16-14(17)13(9-15)12-7-5-4-6-8-12;/h4-8,10-11,13H,9,15H2,1-3H3,(H,16,17);1H. The lowest BCUT2D eigenvalue weighted by atomic mass is 9.97. The molecule has 0 aromatic heterocycles. The van der Waals surface area contributed by atoms with Crippen LogP contribution in [0.2, 0.25) is 0 Å². The summed E-state index contributed by atoms with van der Waals surface area (Å²) in [5.74, 6) is 0.186. The van der Waals surface area contributed by atoms with Gasteiger partial charge in [-0.3, -0.25) is 4.79 Å². The van der Waals surface area contributed by atoms with Crippen molar-refractivity contribution < 1.29 is 4.79 Å². The van der Waals surface area contributed by atoms with Gasteiger partial charge in [0.2, 0.25) is 5.91 Å². The van der Waals surface area contributed by atoms with Gasteiger partial charge in [0.1, 0.15) is 0 Å². The first-order valence-electron chi connectivity index (χ1n) is 6.11. The molecule has 0 radical (unpaired) electrons. The van der Waals surface area contributed by atoms with Gasteiger partial charge in [-0.2, -0.15) is 0 Å². The summed E-state index contributed by atoms with van der Waals surface area (Å²) in [6, 6.07) is 9.84. The monoisotopic (exact) mass is 270 g/mol. The van der Waals surface area contributed by atoms with Crippen LogP contribution in [-0.4, -0.2) is 18.5 Å². The molecule has 1 rings (SSSR count). The lowest BCUT2D eigenvalue weighted by molar-refractivity contribution is -0.123. The van der Waals surface area contributed by atoms with Crippen molar-refractivity contribution in [2.45, 2.75) is 32.7 Å². The van der Waals surface area contributed by atoms with E-state index in [0.29, 0.717) is 12.5 Å². The average Bonchev–Trinajstić information content (AvgIpc) is 2.31. The molecule has 0 aliphatic carbocycles. The fraction of sp³-hybridized carbons (Fsp3) is 0.500. The molecule has 0 heterocycles. The highest BCUT2D eigenvalue weighted by atomic mass is 35.5. The van der Waals surface area contributed by atoms with Gasteiger partial charge in [-0.1, -0.05) is 44.2 Å². The molecule has 1 aromatic rings. The van der Waals surface area contributed by atoms with Gasteiger partial charge < -0.3 is 11.1 Å². The summed E-state index contributed by atoms with van der Waals surface area (Å²) in [5.41, 5.74) is 6.67. The van der Waals surface area contributed by atoms with Crippen molar-refractivity contribution in [3.8, 4) is 0 Å². The van der Waals surface area contributed by atoms with Crippen molar-refractivity contribution in [2.75, 3.05) is 6.54 Å². The van der Waals surface area contributed by atoms with Crippen molar-refractivity contribution in [1.82, 2.24) is 5.32 Å². The lowest BCUT2D eigenvalue weighted by Crippen LogP contribution is -2.41. The van der Waals surface area contributed by atoms with E-state index >= 15 is 0 Å². The molecule has 0 aliphatic heterocycles. The van der Waals surface area contributed by atoms with Gasteiger partial charge in [-0.05, 0) is 18.4 Å². The number of rotatable bonds is 5. The molecule has 0 saturated heterocycles. The molecular weight excluding hydrogens is 248 g/mol. The van der Waals surface area contributed by atoms with E-state index in [0.717, 1.165) is 5.56 Å². The second kappa shape index (κ2) is 8.11. The molecule has 1 aromatic carbocycles. The molecule has 0 aliphatic rings. The predicted molar refractivity (Wildman–Crippen MR) is 77.9 cm³/mol. The Bertz CT molecular complexity index is 354. The largest absolute Gasteiger partial charge is 0.353 e. The molecule has 3 N–H and O–H groups in total. The number of nitrogens with two attached hydrogens (primary N) is 1. The number of halogens is 1. The van der Waals surface area contributed by atoms with Crippen LogP contribution in [0.5, 0.6) is 0 Å². The van der Waals surface area contributed by atoms with E-state index in [-0.39, 0.29) is 30.3 Å². The van der Waals surface area contributed by atoms with E-state index in [1.165, 1.54) is 0 Å². The van der Waals surface area contributed by atoms with Crippen molar-refractivity contribution in [2.24, 2.45) is 11.7 Å². The van der Waals surface area contributed by atoms with Crippen LogP contribution in [-0.2, 0) is 4.79 Å². The van der Waals surface area contributed by atoms with Crippen molar-refractivity contribution in [3.05, 3.63) is 35.9 Å². The second-order valence-corrected chi connectivity index (χ2v) is 4.74. The summed E-state index contributed by atoms with van der Waals surface area (Å²) < 4.78 is 0. The van der Waals surface area contributed by atoms with Gasteiger partial charge in [-0.25, -0.2) is 0 Å². The van der Waals surface area contributed by atoms with E-state index < -0.39 is 0 Å². The molecule has 0 bridgehead atoms. The fourth-order valence-corrected chi connectivity index (χ4v) is 1.57. The minimum atomic E-state index is -0.252. The normalized spacial score (nSPS) is 13.6. The third-order valence-electron chi connectivity index (χ3n) is 3.12. The Balaban J connectivity index is 0.00000289. The molecule has 102 valence electrons. The van der Waals surface area contributed by atoms with E-state index in [1.807, 2.05) is 37.3 Å². The van der Waals surface area contributed by atoms with Gasteiger partial charge in [0.05, 0.1) is 5.92 Å². The maximum absolute atomic E-state index is 12.1. The molecule has 3 nitrogen and oxygen atoms in total. The fourth-order valence-electron chi connectivity index (χ4n) is 1.57. The summed E-state index contributed by atoms with van der Waals surface area (Å²) in [5, 5.41) is 3.01. The molecular formula is C14H23ClN2O. The highest BCUT2D eigenvalue weighted by Crippen LogP contribution is 2.15. The number of amides is 1. The molecule has 18 heavy (non-hydrogen) atoms. The predicted octanol–water partition coefficient (Wildman–Crippen LogP) is 2.31. The van der Waals surface area contributed by atoms with Crippen LogP contribution < -0.4 is 11.1 Å². The first-order valence-corrected chi connectivity index (χ1v) is 6.11. The Morgan fingerprint density at radius 3 is 2.22 bits per heavy atom. The van der Waals surface area contributed by atoms with Crippen LogP contribution in [0.3, 0.4) is 0 Å². The van der Waals surface area contributed by atoms with Crippen molar-refractivity contribution in [1.29, 1.82) is 0 Å². The summed E-state index contributed by atoms with van der Waals surface area (Å²) in [4.78, 5) is 12.1. The van der Waals surface area contributed by atoms with E-state index in [2.05, 4.69) is 19.2 Å². The zero-order valence-electron chi connectivity index (χ0n) is 11.2. The van der Waals surface area contributed by atoms with Crippen LogP contribution in [0.1, 0.15) is 32.3 Å². The second-order valence-electron chi connectivity index (χ2n) is 4.74. The average molecular weight is 271 g/mol. The number of hydrogen-bond donors (Lipinski definition) is 2. The minimum Gasteiger partial charge on any atom is -0.353 e. The first kappa shape index (κ1) is 16.9. The number of nitrogens with one attached hydrogen (secondary N) is 1. The number of carbonyl (C=O) groups excluding carboxylic acids is 1. The molecule has 0 spiro atoms. The van der Waals surface area contributed by atoms with Gasteiger partial charge in [-0.15, -0.1) is 12.4 Å². The third-order valence-corrected chi connectivity index (χ3v) is 3.12. The van der Waals surface area contributed by atoms with Gasteiger partial charge >= 0.3 is 0 Å². The Morgan fingerprint density at radius 2 is 1.78 bits per heavy atom. The van der Waals surface area contributed by atoms with Gasteiger partial charge in [0, 0.05) is 12.6 Å². The van der Waals surface area contributed by atoms with Crippen molar-refractivity contribution in [3.63, 3.8) is 0 Å². The minimum absolute atomic E-state index is 0. The number of hydrogen-bond acceptors (Lipinski definition) is 2. The zero-order valence-corrected chi connectivity index (χ0v) is 12.0. The Morgan fingerprint density at radius 1 is 1.22 bits per heavy atom. The SMILES string of the molecule is CC(C)C(C)NC(=O)C(CN)c1ccccc1.Cl. The Labute approximate surface area is 116 Å². The van der Waals surface area contributed by atoms with Crippen LogP contribution in [0.15, 0.2) is 30.3 Å². The Hall–Kier alpha value is -1.06. The molecule has 2 atom stereocenters. The van der Waals surface area contributed by atoms with Crippen LogP contribution in [0.25, 0.3) is 0 Å². The molecule has 1 amide bonds. The number of benzene rings is 1.